The first-order chi connectivity index (χ1) is 12.9. The molecule has 1 N–H and O–H groups in total. The molecule has 1 aliphatic heterocycles. The van der Waals surface area contributed by atoms with E-state index in [4.69, 9.17) is 21.1 Å². The van der Waals surface area contributed by atoms with E-state index in [1.807, 2.05) is 13.0 Å². The highest BCUT2D eigenvalue weighted by molar-refractivity contribution is 6.33. The Labute approximate surface area is 164 Å². The summed E-state index contributed by atoms with van der Waals surface area (Å²) in [6, 6.07) is 2.00. The molecule has 2 rings (SSSR count). The number of ketones is 1. The summed E-state index contributed by atoms with van der Waals surface area (Å²) in [5, 5.41) is 9.58. The molecule has 8 heteroatoms. The zero-order chi connectivity index (χ0) is 20.0. The molecular weight excluding hydrogens is 370 g/mol. The molecular formula is C19H26ClN3O4. The fraction of sp³-hybridized carbons (Fsp3) is 0.632. The largest absolute Gasteiger partial charge is 0.450 e. The minimum atomic E-state index is -0.356. The Balaban J connectivity index is 2.11. The molecule has 0 radical (unpaired) electrons. The lowest BCUT2D eigenvalue weighted by atomic mass is 9.88. The number of hydrogen-bond acceptors (Lipinski definition) is 5. The lowest BCUT2D eigenvalue weighted by Crippen LogP contribution is -2.48. The lowest BCUT2D eigenvalue weighted by Gasteiger charge is -2.37. The topological polar surface area (TPSA) is 95.4 Å². The lowest BCUT2D eigenvalue weighted by molar-refractivity contribution is -0.0359. The number of carbonyl (C=O) groups is 2. The standard InChI is InChI=1S/C19H26ClN3O4/c1-4-8-27-16-11-23(19(25)26-5-2)7-6-13(16)9-15(24)18-14(10-21)17(20)12(3)22-18/h13,16,22H,4-9,11H2,1-3H3/t13-,16-/m0/s1. The molecule has 1 saturated heterocycles. The molecule has 0 saturated carbocycles. The highest BCUT2D eigenvalue weighted by Crippen LogP contribution is 2.29. The summed E-state index contributed by atoms with van der Waals surface area (Å²) in [5.74, 6) is -0.204. The highest BCUT2D eigenvalue weighted by Gasteiger charge is 2.35. The number of ether oxygens (including phenoxy) is 2. The molecule has 7 nitrogen and oxygen atoms in total. The van der Waals surface area contributed by atoms with Gasteiger partial charge in [0, 0.05) is 25.3 Å². The smallest absolute Gasteiger partial charge is 0.409 e. The van der Waals surface area contributed by atoms with Crippen molar-refractivity contribution in [3.05, 3.63) is 22.0 Å². The van der Waals surface area contributed by atoms with Gasteiger partial charge in [-0.3, -0.25) is 4.79 Å². The number of nitriles is 1. The van der Waals surface area contributed by atoms with Gasteiger partial charge in [0.15, 0.2) is 5.78 Å². The van der Waals surface area contributed by atoms with E-state index in [1.165, 1.54) is 0 Å². The maximum atomic E-state index is 12.8. The van der Waals surface area contributed by atoms with Crippen LogP contribution in [-0.4, -0.2) is 54.2 Å². The van der Waals surface area contributed by atoms with Gasteiger partial charge >= 0.3 is 6.09 Å². The fourth-order valence-corrected chi connectivity index (χ4v) is 3.48. The Hall–Kier alpha value is -2.04. The Morgan fingerprint density at radius 3 is 2.78 bits per heavy atom. The van der Waals surface area contributed by atoms with E-state index in [0.717, 1.165) is 6.42 Å². The van der Waals surface area contributed by atoms with Gasteiger partial charge in [-0.15, -0.1) is 0 Å². The maximum Gasteiger partial charge on any atom is 0.409 e. The molecule has 1 aromatic heterocycles. The number of rotatable bonds is 7. The normalized spacial score (nSPS) is 19.6. The zero-order valence-electron chi connectivity index (χ0n) is 16.0. The van der Waals surface area contributed by atoms with Crippen LogP contribution in [0.25, 0.3) is 0 Å². The number of H-pyrrole nitrogens is 1. The molecule has 0 spiro atoms. The third kappa shape index (κ3) is 5.02. The number of piperidine rings is 1. The van der Waals surface area contributed by atoms with Gasteiger partial charge in [-0.05, 0) is 32.6 Å². The minimum Gasteiger partial charge on any atom is -0.450 e. The van der Waals surface area contributed by atoms with Crippen molar-refractivity contribution in [1.82, 2.24) is 9.88 Å². The number of nitrogens with zero attached hydrogens (tertiary/aromatic N) is 2. The first-order valence-corrected chi connectivity index (χ1v) is 9.65. The molecule has 27 heavy (non-hydrogen) atoms. The first-order valence-electron chi connectivity index (χ1n) is 9.27. The Morgan fingerprint density at radius 2 is 2.15 bits per heavy atom. The van der Waals surface area contributed by atoms with Gasteiger partial charge < -0.3 is 19.4 Å². The monoisotopic (exact) mass is 395 g/mol. The Kier molecular flexibility index (Phi) is 7.69. The van der Waals surface area contributed by atoms with Gasteiger partial charge in [-0.2, -0.15) is 5.26 Å². The van der Waals surface area contributed by atoms with Crippen LogP contribution in [0.3, 0.4) is 0 Å². The van der Waals surface area contributed by atoms with Crippen LogP contribution in [0.1, 0.15) is 54.9 Å². The summed E-state index contributed by atoms with van der Waals surface area (Å²) in [7, 11) is 0. The molecule has 1 aliphatic rings. The van der Waals surface area contributed by atoms with Crippen LogP contribution in [-0.2, 0) is 9.47 Å². The van der Waals surface area contributed by atoms with Crippen LogP contribution >= 0.6 is 11.6 Å². The van der Waals surface area contributed by atoms with Crippen molar-refractivity contribution in [3.8, 4) is 6.07 Å². The van der Waals surface area contributed by atoms with Crippen LogP contribution in [0, 0.1) is 24.2 Å². The molecule has 0 unspecified atom stereocenters. The third-order valence-corrected chi connectivity index (χ3v) is 5.18. The van der Waals surface area contributed by atoms with Crippen LogP contribution in [0.2, 0.25) is 5.02 Å². The van der Waals surface area contributed by atoms with Crippen LogP contribution < -0.4 is 0 Å². The predicted molar refractivity (Wildman–Crippen MR) is 101 cm³/mol. The number of aromatic amines is 1. The molecule has 0 aliphatic carbocycles. The van der Waals surface area contributed by atoms with E-state index in [9.17, 15) is 14.9 Å². The number of aryl methyl sites for hydroxylation is 1. The molecule has 0 bridgehead atoms. The van der Waals surface area contributed by atoms with Crippen molar-refractivity contribution in [2.45, 2.75) is 46.1 Å². The number of Topliss-reactive ketones (excluding diaryl/α,β-unsaturated/α-hetero) is 1. The van der Waals surface area contributed by atoms with E-state index in [1.54, 1.807) is 18.7 Å². The SMILES string of the molecule is CCCO[C@H]1CN(C(=O)OCC)CC[C@H]1CC(=O)c1[nH]c(C)c(Cl)c1C#N. The Bertz CT molecular complexity index is 725. The number of amides is 1. The molecule has 1 fully saturated rings. The van der Waals surface area contributed by atoms with E-state index < -0.39 is 0 Å². The summed E-state index contributed by atoms with van der Waals surface area (Å²) in [5.41, 5.74) is 1.05. The quantitative estimate of drug-likeness (QED) is 0.710. The maximum absolute atomic E-state index is 12.8. The molecule has 2 heterocycles. The Morgan fingerprint density at radius 1 is 1.41 bits per heavy atom. The van der Waals surface area contributed by atoms with Crippen molar-refractivity contribution in [2.75, 3.05) is 26.3 Å². The van der Waals surface area contributed by atoms with Gasteiger partial charge in [-0.1, -0.05) is 18.5 Å². The first kappa shape index (κ1) is 21.3. The molecule has 1 amide bonds. The number of nitrogens with one attached hydrogen (secondary N) is 1. The summed E-state index contributed by atoms with van der Waals surface area (Å²) in [6.07, 6.45) is 1.11. The van der Waals surface area contributed by atoms with Gasteiger partial charge in [0.05, 0.1) is 29.8 Å². The van der Waals surface area contributed by atoms with Gasteiger partial charge in [-0.25, -0.2) is 4.79 Å². The van der Waals surface area contributed by atoms with Crippen LogP contribution in [0.4, 0.5) is 4.79 Å². The summed E-state index contributed by atoms with van der Waals surface area (Å²) >= 11 is 6.09. The summed E-state index contributed by atoms with van der Waals surface area (Å²) in [4.78, 5) is 29.4. The van der Waals surface area contributed by atoms with Gasteiger partial charge in [0.2, 0.25) is 0 Å². The second-order valence-electron chi connectivity index (χ2n) is 6.66. The number of hydrogen-bond donors (Lipinski definition) is 1. The number of aromatic nitrogens is 1. The predicted octanol–water partition coefficient (Wildman–Crippen LogP) is 3.69. The average molecular weight is 396 g/mol. The second-order valence-corrected chi connectivity index (χ2v) is 7.03. The summed E-state index contributed by atoms with van der Waals surface area (Å²) < 4.78 is 11.0. The van der Waals surface area contributed by atoms with Gasteiger partial charge in [0.25, 0.3) is 0 Å². The molecule has 0 aromatic carbocycles. The minimum absolute atomic E-state index is 0.0383. The van der Waals surface area contributed by atoms with E-state index in [2.05, 4.69) is 4.98 Å². The number of carbonyl (C=O) groups excluding carboxylic acids is 2. The third-order valence-electron chi connectivity index (χ3n) is 4.71. The van der Waals surface area contributed by atoms with E-state index in [-0.39, 0.29) is 46.6 Å². The average Bonchev–Trinajstić information content (AvgIpc) is 2.95. The second kappa shape index (κ2) is 9.77. The summed E-state index contributed by atoms with van der Waals surface area (Å²) in [6.45, 7) is 7.29. The van der Waals surface area contributed by atoms with Gasteiger partial charge in [0.1, 0.15) is 11.8 Å². The molecule has 148 valence electrons. The number of likely N-dealkylation sites (tertiary alicyclic amines) is 1. The molecule has 2 atom stereocenters. The van der Waals surface area contributed by atoms with Crippen molar-refractivity contribution < 1.29 is 19.1 Å². The highest BCUT2D eigenvalue weighted by atomic mass is 35.5. The van der Waals surface area contributed by atoms with Crippen molar-refractivity contribution >= 4 is 23.5 Å². The van der Waals surface area contributed by atoms with Crippen molar-refractivity contribution in [3.63, 3.8) is 0 Å². The molecule has 1 aromatic rings. The van der Waals surface area contributed by atoms with E-state index >= 15 is 0 Å². The zero-order valence-corrected chi connectivity index (χ0v) is 16.8. The van der Waals surface area contributed by atoms with E-state index in [0.29, 0.717) is 38.4 Å². The van der Waals surface area contributed by atoms with Crippen LogP contribution in [0.15, 0.2) is 0 Å². The number of halogens is 1. The van der Waals surface area contributed by atoms with Crippen molar-refractivity contribution in [2.24, 2.45) is 5.92 Å². The van der Waals surface area contributed by atoms with Crippen LogP contribution in [0.5, 0.6) is 0 Å². The van der Waals surface area contributed by atoms with Crippen molar-refractivity contribution in [1.29, 1.82) is 5.26 Å². The fourth-order valence-electron chi connectivity index (χ4n) is 3.29.